The van der Waals surface area contributed by atoms with Gasteiger partial charge in [-0.3, -0.25) is 0 Å². The van der Waals surface area contributed by atoms with Crippen molar-refractivity contribution < 1.29 is 8.42 Å². The van der Waals surface area contributed by atoms with Crippen molar-refractivity contribution in [2.45, 2.75) is 44.3 Å². The summed E-state index contributed by atoms with van der Waals surface area (Å²) in [6.07, 6.45) is 5.90. The van der Waals surface area contributed by atoms with Crippen molar-refractivity contribution in [3.8, 4) is 6.07 Å². The lowest BCUT2D eigenvalue weighted by atomic mass is 9.76. The zero-order valence-corrected chi connectivity index (χ0v) is 11.1. The van der Waals surface area contributed by atoms with Gasteiger partial charge in [-0.05, 0) is 31.6 Å². The largest absolute Gasteiger partial charge is 0.230 e. The van der Waals surface area contributed by atoms with Crippen LogP contribution in [0.1, 0.15) is 39.0 Å². The molecule has 3 atom stereocenters. The Kier molecular flexibility index (Phi) is 3.74. The van der Waals surface area contributed by atoms with Crippen LogP contribution in [0.3, 0.4) is 0 Å². The second-order valence-electron chi connectivity index (χ2n) is 5.27. The Balaban J connectivity index is 2.08. The number of hydrogen-bond acceptors (Lipinski definition) is 3. The molecule has 3 unspecified atom stereocenters. The minimum Gasteiger partial charge on any atom is -0.211 e. The van der Waals surface area contributed by atoms with Gasteiger partial charge in [0.15, 0.2) is 5.25 Å². The van der Waals surface area contributed by atoms with Gasteiger partial charge >= 0.3 is 0 Å². The number of nitriles is 1. The van der Waals surface area contributed by atoms with Gasteiger partial charge in [-0.15, -0.1) is 0 Å². The topological polar surface area (TPSA) is 61.2 Å². The van der Waals surface area contributed by atoms with Gasteiger partial charge in [0.05, 0.1) is 6.07 Å². The minimum absolute atomic E-state index is 0.526. The fourth-order valence-corrected chi connectivity index (χ4v) is 4.43. The average molecular weight is 256 g/mol. The zero-order chi connectivity index (χ0) is 12.5. The van der Waals surface area contributed by atoms with Crippen LogP contribution in [0, 0.1) is 23.2 Å². The lowest BCUT2D eigenvalue weighted by Crippen LogP contribution is -2.47. The molecule has 1 heterocycles. The third-order valence-corrected chi connectivity index (χ3v) is 6.29. The van der Waals surface area contributed by atoms with E-state index in [1.54, 1.807) is 4.31 Å². The molecular weight excluding hydrogens is 236 g/mol. The van der Waals surface area contributed by atoms with Gasteiger partial charge in [0, 0.05) is 13.1 Å². The van der Waals surface area contributed by atoms with Crippen LogP contribution in [0.2, 0.25) is 0 Å². The van der Waals surface area contributed by atoms with Gasteiger partial charge in [0.1, 0.15) is 0 Å². The molecule has 4 nitrogen and oxygen atoms in total. The Morgan fingerprint density at radius 3 is 2.53 bits per heavy atom. The van der Waals surface area contributed by atoms with Crippen LogP contribution < -0.4 is 0 Å². The van der Waals surface area contributed by atoms with Crippen LogP contribution in [0.15, 0.2) is 0 Å². The first-order valence-corrected chi connectivity index (χ1v) is 7.94. The lowest BCUT2D eigenvalue weighted by Gasteiger charge is -2.40. The first-order valence-electron chi connectivity index (χ1n) is 6.44. The summed E-state index contributed by atoms with van der Waals surface area (Å²) in [4.78, 5) is 0. The summed E-state index contributed by atoms with van der Waals surface area (Å²) >= 11 is 0. The van der Waals surface area contributed by atoms with Crippen LogP contribution >= 0.6 is 0 Å². The van der Waals surface area contributed by atoms with Crippen molar-refractivity contribution in [2.24, 2.45) is 11.8 Å². The van der Waals surface area contributed by atoms with Gasteiger partial charge in [-0.25, -0.2) is 12.7 Å². The first-order chi connectivity index (χ1) is 8.05. The summed E-state index contributed by atoms with van der Waals surface area (Å²) in [5.41, 5.74) is 0. The SMILES string of the molecule is CC(C#N)S(=O)(=O)N1CCC2CCCCC2C1. The third kappa shape index (κ3) is 2.48. The molecule has 2 rings (SSSR count). The van der Waals surface area contributed by atoms with Crippen molar-refractivity contribution >= 4 is 10.0 Å². The molecule has 5 heteroatoms. The van der Waals surface area contributed by atoms with Crippen LogP contribution in [-0.2, 0) is 10.0 Å². The van der Waals surface area contributed by atoms with E-state index >= 15 is 0 Å². The second kappa shape index (κ2) is 4.95. The van der Waals surface area contributed by atoms with E-state index in [1.807, 2.05) is 6.07 Å². The minimum atomic E-state index is -3.39. The Morgan fingerprint density at radius 1 is 1.24 bits per heavy atom. The summed E-state index contributed by atoms with van der Waals surface area (Å²) in [6.45, 7) is 2.72. The third-order valence-electron chi connectivity index (χ3n) is 4.24. The molecule has 0 aromatic heterocycles. The highest BCUT2D eigenvalue weighted by molar-refractivity contribution is 7.89. The number of rotatable bonds is 2. The molecule has 0 amide bonds. The molecule has 1 saturated heterocycles. The van der Waals surface area contributed by atoms with Crippen molar-refractivity contribution in [3.05, 3.63) is 0 Å². The molecule has 1 aliphatic heterocycles. The summed E-state index contributed by atoms with van der Waals surface area (Å²) in [7, 11) is -3.39. The monoisotopic (exact) mass is 256 g/mol. The molecule has 1 aliphatic carbocycles. The maximum Gasteiger partial charge on any atom is 0.230 e. The molecule has 0 bridgehead atoms. The molecule has 96 valence electrons. The standard InChI is InChI=1S/C12H20N2O2S/c1-10(8-13)17(15,16)14-7-6-11-4-2-3-5-12(11)9-14/h10-12H,2-7,9H2,1H3. The molecule has 17 heavy (non-hydrogen) atoms. The zero-order valence-electron chi connectivity index (χ0n) is 10.3. The maximum atomic E-state index is 12.1. The molecule has 0 aromatic rings. The van der Waals surface area contributed by atoms with Gasteiger partial charge in [-0.2, -0.15) is 5.26 Å². The highest BCUT2D eigenvalue weighted by atomic mass is 32.2. The molecule has 1 saturated carbocycles. The van der Waals surface area contributed by atoms with Gasteiger partial charge in [0.25, 0.3) is 0 Å². The number of hydrogen-bond donors (Lipinski definition) is 0. The summed E-state index contributed by atoms with van der Waals surface area (Å²) in [5, 5.41) is 7.86. The summed E-state index contributed by atoms with van der Waals surface area (Å²) < 4.78 is 25.7. The van der Waals surface area contributed by atoms with Crippen LogP contribution in [0.4, 0.5) is 0 Å². The number of fused-ring (bicyclic) bond motifs is 1. The summed E-state index contributed by atoms with van der Waals surface area (Å²) in [6, 6.07) is 1.84. The van der Waals surface area contributed by atoms with E-state index in [1.165, 1.54) is 26.2 Å². The Morgan fingerprint density at radius 2 is 1.88 bits per heavy atom. The first kappa shape index (κ1) is 12.8. The van der Waals surface area contributed by atoms with Crippen LogP contribution in [-0.4, -0.2) is 31.1 Å². The van der Waals surface area contributed by atoms with E-state index in [-0.39, 0.29) is 0 Å². The van der Waals surface area contributed by atoms with E-state index in [4.69, 9.17) is 5.26 Å². The Hall–Kier alpha value is -0.600. The second-order valence-corrected chi connectivity index (χ2v) is 7.52. The fourth-order valence-electron chi connectivity index (χ4n) is 3.09. The van der Waals surface area contributed by atoms with Crippen molar-refractivity contribution in [1.82, 2.24) is 4.31 Å². The van der Waals surface area contributed by atoms with Gasteiger partial charge in [0.2, 0.25) is 10.0 Å². The van der Waals surface area contributed by atoms with Crippen molar-refractivity contribution in [1.29, 1.82) is 5.26 Å². The molecule has 0 radical (unpaired) electrons. The van der Waals surface area contributed by atoms with Crippen molar-refractivity contribution in [3.63, 3.8) is 0 Å². The highest BCUT2D eigenvalue weighted by Crippen LogP contribution is 2.37. The van der Waals surface area contributed by atoms with Crippen LogP contribution in [0.5, 0.6) is 0 Å². The normalized spacial score (nSPS) is 32.5. The number of piperidine rings is 1. The van der Waals surface area contributed by atoms with Crippen LogP contribution in [0.25, 0.3) is 0 Å². The van der Waals surface area contributed by atoms with Gasteiger partial charge < -0.3 is 0 Å². The van der Waals surface area contributed by atoms with E-state index < -0.39 is 15.3 Å². The lowest BCUT2D eigenvalue weighted by molar-refractivity contribution is 0.136. The van der Waals surface area contributed by atoms with E-state index in [0.717, 1.165) is 12.8 Å². The molecule has 2 fully saturated rings. The van der Waals surface area contributed by atoms with E-state index in [9.17, 15) is 8.42 Å². The number of sulfonamides is 1. The molecule has 0 aromatic carbocycles. The molecule has 0 spiro atoms. The fraction of sp³-hybridized carbons (Fsp3) is 0.917. The summed E-state index contributed by atoms with van der Waals surface area (Å²) in [5.74, 6) is 1.24. The molecular formula is C12H20N2O2S. The highest BCUT2D eigenvalue weighted by Gasteiger charge is 2.37. The predicted octanol–water partition coefficient (Wildman–Crippen LogP) is 1.74. The van der Waals surface area contributed by atoms with Gasteiger partial charge in [-0.1, -0.05) is 19.3 Å². The maximum absolute atomic E-state index is 12.1. The van der Waals surface area contributed by atoms with E-state index in [0.29, 0.717) is 24.9 Å². The average Bonchev–Trinajstić information content (AvgIpc) is 2.37. The predicted molar refractivity (Wildman–Crippen MR) is 65.6 cm³/mol. The van der Waals surface area contributed by atoms with E-state index in [2.05, 4.69) is 0 Å². The van der Waals surface area contributed by atoms with Crippen molar-refractivity contribution in [2.75, 3.05) is 13.1 Å². The molecule has 2 aliphatic rings. The quantitative estimate of drug-likeness (QED) is 0.756. The Bertz CT molecular complexity index is 413. The smallest absolute Gasteiger partial charge is 0.211 e. The number of nitrogens with zero attached hydrogens (tertiary/aromatic N) is 2. The Labute approximate surface area is 104 Å². The molecule has 0 N–H and O–H groups in total.